The largest absolute Gasteiger partial charge is 0.481 e. The minimum Gasteiger partial charge on any atom is -0.481 e. The third-order valence-electron chi connectivity index (χ3n) is 17.5. The smallest absolute Gasteiger partial charge is 0.408 e. The van der Waals surface area contributed by atoms with E-state index in [0.29, 0.717) is 24.3 Å². The van der Waals surface area contributed by atoms with Crippen LogP contribution in [0.15, 0.2) is 29.6 Å². The molecular weight excluding hydrogens is 1270 g/mol. The Morgan fingerprint density at radius 2 is 1.43 bits per heavy atom. The van der Waals surface area contributed by atoms with Gasteiger partial charge in [-0.25, -0.2) is 9.78 Å². The van der Waals surface area contributed by atoms with Crippen molar-refractivity contribution < 1.29 is 77.2 Å². The zero-order chi connectivity index (χ0) is 69.6. The molecule has 0 aliphatic carbocycles. The first-order chi connectivity index (χ1) is 44.5. The van der Waals surface area contributed by atoms with Crippen LogP contribution in [0, 0.1) is 24.7 Å². The number of ether oxygens (including phenoxy) is 2. The number of benzene rings is 1. The summed E-state index contributed by atoms with van der Waals surface area (Å²) >= 11 is 3.51. The number of nitrogens with zero attached hydrogens (tertiary/aromatic N) is 6. The summed E-state index contributed by atoms with van der Waals surface area (Å²) in [6.45, 7) is 14.2. The Bertz CT molecular complexity index is 2920. The summed E-state index contributed by atoms with van der Waals surface area (Å²) in [5, 5.41) is 34.0. The first-order valence-corrected chi connectivity index (χ1v) is 35.1. The molecule has 94 heavy (non-hydrogen) atoms. The molecule has 5 rings (SSSR count). The van der Waals surface area contributed by atoms with Gasteiger partial charge < -0.3 is 56.1 Å². The normalized spacial score (nSPS) is 18.6. The molecule has 27 nitrogen and oxygen atoms in total. The number of likely N-dealkylation sites (N-methyl/N-ethyl adjacent to an activating group) is 2. The van der Waals surface area contributed by atoms with E-state index < -0.39 is 93.8 Å². The minimum absolute atomic E-state index is 0.00930. The summed E-state index contributed by atoms with van der Waals surface area (Å²) in [5.41, 5.74) is 0.880. The summed E-state index contributed by atoms with van der Waals surface area (Å²) in [4.78, 5) is 174. The van der Waals surface area contributed by atoms with Crippen LogP contribution in [0.2, 0.25) is 0 Å². The number of unbranched alkanes of at least 4 members (excludes halogenated alkanes) is 1. The number of rotatable bonds is 34. The molecule has 2 aromatic rings. The number of hydrogen-bond donors (Lipinski definition) is 7. The molecule has 5 unspecified atom stereocenters. The standard InChI is InChI=1S/C64H97N11O16S3/c1-12-40(5)54(70-62(88)64(7,8)71(9)10)60(85)72(11)46(38(2)3)33-47(57-68-45(36-92-57)56(82)67-43(31-41(6)61(86)87)32-42-18-16-39(4)17-19-42)91-63(89)69-44(55(81)66-23-29-90-30-28-76)15-13-14-22-65-50(77)20-21-51(78)73-24-26-74-52(79)34-48(58(74)83)93-37-94-49-35-53(80)75(27-25-73)59(49)84/h16-19,36,38,40-41,43-44,46-49,54,76H,12-15,20-35,37H2,1-11H3,(H,65,77)(H,66,81)(H,67,82)(H,69,89)(H,70,88)(H,86,87)/t40?,41?,43-,44?,46-,47-,48?,49?,54+/m1/s1. The van der Waals surface area contributed by atoms with Gasteiger partial charge in [0.2, 0.25) is 53.2 Å². The van der Waals surface area contributed by atoms with Crippen molar-refractivity contribution in [2.45, 2.75) is 172 Å². The first kappa shape index (κ1) is 78.0. The van der Waals surface area contributed by atoms with Gasteiger partial charge in [-0.3, -0.25) is 67.4 Å². The quantitative estimate of drug-likeness (QED) is 0.0389. The van der Waals surface area contributed by atoms with Crippen LogP contribution in [-0.2, 0) is 63.8 Å². The Labute approximate surface area is 563 Å². The predicted molar refractivity (Wildman–Crippen MR) is 355 cm³/mol. The van der Waals surface area contributed by atoms with Gasteiger partial charge >= 0.3 is 12.1 Å². The second-order valence-electron chi connectivity index (χ2n) is 25.2. The van der Waals surface area contributed by atoms with Gasteiger partial charge in [-0.1, -0.05) is 70.9 Å². The number of amides is 11. The van der Waals surface area contributed by atoms with Gasteiger partial charge in [0.15, 0.2) is 6.10 Å². The van der Waals surface area contributed by atoms with Crippen molar-refractivity contribution >= 4 is 106 Å². The Morgan fingerprint density at radius 1 is 0.798 bits per heavy atom. The molecule has 9 atom stereocenters. The molecule has 3 fully saturated rings. The van der Waals surface area contributed by atoms with Gasteiger partial charge in [-0.2, -0.15) is 0 Å². The molecule has 0 spiro atoms. The van der Waals surface area contributed by atoms with Gasteiger partial charge in [0.25, 0.3) is 5.91 Å². The number of nitrogens with one attached hydrogen (secondary N) is 5. The van der Waals surface area contributed by atoms with E-state index in [1.807, 2.05) is 58.9 Å². The van der Waals surface area contributed by atoms with Crippen molar-refractivity contribution in [3.63, 3.8) is 0 Å². The number of carbonyl (C=O) groups excluding carboxylic acids is 11. The van der Waals surface area contributed by atoms with E-state index in [9.17, 15) is 67.7 Å². The van der Waals surface area contributed by atoms with Crippen LogP contribution in [0.25, 0.3) is 0 Å². The summed E-state index contributed by atoms with van der Waals surface area (Å²) in [5.74, 6) is -6.87. The fraction of sp³-hybridized carbons (Fsp3) is 0.672. The summed E-state index contributed by atoms with van der Waals surface area (Å²) in [7, 11) is 5.14. The molecule has 1 aromatic heterocycles. The number of fused-ring (bicyclic) bond motifs is 4. The van der Waals surface area contributed by atoms with E-state index in [-0.39, 0.29) is 163 Å². The van der Waals surface area contributed by atoms with Crippen molar-refractivity contribution in [2.75, 3.05) is 85.3 Å². The number of aromatic nitrogens is 1. The van der Waals surface area contributed by atoms with Crippen molar-refractivity contribution in [3.05, 3.63) is 51.5 Å². The lowest BCUT2D eigenvalue weighted by Gasteiger charge is -2.38. The number of imide groups is 2. The van der Waals surface area contributed by atoms with Gasteiger partial charge in [-0.05, 0) is 84.4 Å². The summed E-state index contributed by atoms with van der Waals surface area (Å²) in [6, 6.07) is 4.18. The van der Waals surface area contributed by atoms with Crippen LogP contribution in [0.3, 0.4) is 0 Å². The molecule has 7 N–H and O–H groups in total. The van der Waals surface area contributed by atoms with Crippen molar-refractivity contribution in [2.24, 2.45) is 17.8 Å². The summed E-state index contributed by atoms with van der Waals surface area (Å²) < 4.78 is 11.6. The number of carbonyl (C=O) groups is 12. The van der Waals surface area contributed by atoms with E-state index in [4.69, 9.17) is 9.47 Å². The van der Waals surface area contributed by atoms with Gasteiger partial charge in [0, 0.05) is 101 Å². The number of carboxylic acid groups (broad SMARTS) is 1. The lowest BCUT2D eigenvalue weighted by molar-refractivity contribution is -0.142. The number of carboxylic acids is 1. The second kappa shape index (κ2) is 37.5. The monoisotopic (exact) mass is 1370 g/mol. The summed E-state index contributed by atoms with van der Waals surface area (Å²) in [6.07, 6.45) is -1.35. The molecule has 522 valence electrons. The minimum atomic E-state index is -1.26. The van der Waals surface area contributed by atoms with E-state index in [1.165, 1.54) is 38.7 Å². The highest BCUT2D eigenvalue weighted by Crippen LogP contribution is 2.34. The molecule has 3 saturated heterocycles. The number of aliphatic carboxylic acids is 1. The van der Waals surface area contributed by atoms with Crippen molar-refractivity contribution in [1.29, 1.82) is 0 Å². The van der Waals surface area contributed by atoms with Crippen LogP contribution in [0.5, 0.6) is 0 Å². The van der Waals surface area contributed by atoms with E-state index in [1.54, 1.807) is 46.8 Å². The van der Waals surface area contributed by atoms with Crippen LogP contribution in [0.4, 0.5) is 4.79 Å². The van der Waals surface area contributed by atoms with Gasteiger partial charge in [-0.15, -0.1) is 34.9 Å². The molecule has 4 bridgehead atoms. The molecule has 1 aromatic carbocycles. The van der Waals surface area contributed by atoms with Gasteiger partial charge in [0.1, 0.15) is 22.8 Å². The van der Waals surface area contributed by atoms with E-state index in [0.717, 1.165) is 32.3 Å². The molecular formula is C64H97N11O16S3. The SMILES string of the molecule is CCC(C)[C@H](NC(=O)C(C)(C)N(C)C)C(=O)N(C)[C@H](C[C@@H](OC(=O)NC(CCCCNC(=O)CCC(=O)N1CCN2C(=O)CC(SCSC3CC(=O)N(CC1)C3=O)C2=O)C(=O)NCCOCCO)c1nc(C(=O)N[C@@H](Cc2ccc(C)cc2)CC(C)C(=O)O)cs1)C(C)C. The number of aryl methyl sites for hydroxylation is 1. The highest BCUT2D eigenvalue weighted by molar-refractivity contribution is 8.17. The Morgan fingerprint density at radius 3 is 2.00 bits per heavy atom. The fourth-order valence-electron chi connectivity index (χ4n) is 10.7. The van der Waals surface area contributed by atoms with E-state index in [2.05, 4.69) is 31.6 Å². The molecule has 4 heterocycles. The third kappa shape index (κ3) is 23.0. The number of hydrogen-bond acceptors (Lipinski definition) is 20. The maximum atomic E-state index is 14.8. The average molecular weight is 1370 g/mol. The molecule has 30 heteroatoms. The van der Waals surface area contributed by atoms with E-state index >= 15 is 0 Å². The topological polar surface area (TPSA) is 353 Å². The average Bonchev–Trinajstić information content (AvgIpc) is 1.56. The molecule has 3 aliphatic heterocycles. The lowest BCUT2D eigenvalue weighted by Crippen LogP contribution is -2.60. The maximum absolute atomic E-state index is 14.8. The third-order valence-corrected chi connectivity index (χ3v) is 21.0. The second-order valence-corrected chi connectivity index (χ2v) is 28.9. The predicted octanol–water partition coefficient (Wildman–Crippen LogP) is 3.50. The highest BCUT2D eigenvalue weighted by Gasteiger charge is 2.43. The number of alkyl carbamates (subject to hydrolysis) is 1. The number of aliphatic hydroxyl groups excluding tert-OH is 1. The lowest BCUT2D eigenvalue weighted by atomic mass is 9.92. The Kier molecular flexibility index (Phi) is 31.1. The first-order valence-electron chi connectivity index (χ1n) is 32.2. The zero-order valence-electron chi connectivity index (χ0n) is 56.0. The number of thioether (sulfide) groups is 2. The Balaban J connectivity index is 1.33. The molecule has 11 amide bonds. The molecule has 3 aliphatic rings. The zero-order valence-corrected chi connectivity index (χ0v) is 58.5. The van der Waals surface area contributed by atoms with Crippen LogP contribution in [0.1, 0.15) is 145 Å². The van der Waals surface area contributed by atoms with Crippen molar-refractivity contribution in [1.82, 2.24) is 56.1 Å². The Hall–Kier alpha value is -6.73. The highest BCUT2D eigenvalue weighted by atomic mass is 32.2. The van der Waals surface area contributed by atoms with Gasteiger partial charge in [0.05, 0.1) is 41.8 Å². The molecule has 0 saturated carbocycles. The van der Waals surface area contributed by atoms with Crippen LogP contribution in [-0.4, -0.2) is 236 Å². The number of aliphatic hydroxyl groups is 1. The maximum Gasteiger partial charge on any atom is 0.408 e. The fourth-order valence-corrected chi connectivity index (χ4v) is 14.3. The van der Waals surface area contributed by atoms with Crippen LogP contribution < -0.4 is 26.6 Å². The van der Waals surface area contributed by atoms with Crippen molar-refractivity contribution in [3.8, 4) is 0 Å². The molecule has 0 radical (unpaired) electrons. The van der Waals surface area contributed by atoms with Crippen LogP contribution >= 0.6 is 34.9 Å². The number of thiazole rings is 1.